The average molecular weight is 367 g/mol. The number of benzene rings is 1. The third-order valence-corrected chi connectivity index (χ3v) is 5.74. The summed E-state index contributed by atoms with van der Waals surface area (Å²) in [4.78, 5) is 17.2. The van der Waals surface area contributed by atoms with Crippen LogP contribution in [0.15, 0.2) is 30.5 Å². The summed E-state index contributed by atoms with van der Waals surface area (Å²) in [5.41, 5.74) is 4.42. The fraction of sp³-hybridized carbons (Fsp3) is 0.524. The van der Waals surface area contributed by atoms with E-state index in [4.69, 9.17) is 0 Å². The Bertz CT molecular complexity index is 801. The molecule has 0 aliphatic carbocycles. The lowest BCUT2D eigenvalue weighted by atomic mass is 10.1. The zero-order valence-corrected chi connectivity index (χ0v) is 16.3. The zero-order chi connectivity index (χ0) is 18.8. The van der Waals surface area contributed by atoms with Gasteiger partial charge in [0, 0.05) is 44.6 Å². The Balaban J connectivity index is 1.38. The van der Waals surface area contributed by atoms with E-state index in [0.29, 0.717) is 11.7 Å². The van der Waals surface area contributed by atoms with E-state index < -0.39 is 0 Å². The monoisotopic (exact) mass is 367 g/mol. The molecule has 0 saturated carbocycles. The number of piperidine rings is 1. The van der Waals surface area contributed by atoms with Gasteiger partial charge in [0.05, 0.1) is 6.04 Å². The van der Waals surface area contributed by atoms with Gasteiger partial charge < -0.3 is 15.1 Å². The van der Waals surface area contributed by atoms with E-state index in [1.165, 1.54) is 16.8 Å². The Kier molecular flexibility index (Phi) is 5.16. The second-order valence-electron chi connectivity index (χ2n) is 7.75. The highest BCUT2D eigenvalue weighted by Gasteiger charge is 2.25. The van der Waals surface area contributed by atoms with E-state index >= 15 is 0 Å². The van der Waals surface area contributed by atoms with Crippen molar-refractivity contribution in [3.8, 4) is 0 Å². The van der Waals surface area contributed by atoms with Crippen LogP contribution in [-0.2, 0) is 0 Å². The number of rotatable bonds is 3. The van der Waals surface area contributed by atoms with E-state index in [-0.39, 0.29) is 5.91 Å². The fourth-order valence-electron chi connectivity index (χ4n) is 4.09. The zero-order valence-electron chi connectivity index (χ0n) is 16.3. The molecule has 6 heteroatoms. The van der Waals surface area contributed by atoms with Gasteiger partial charge >= 0.3 is 0 Å². The lowest BCUT2D eigenvalue weighted by Gasteiger charge is -2.36. The molecular weight excluding hydrogens is 338 g/mol. The molecule has 2 fully saturated rings. The van der Waals surface area contributed by atoms with Crippen LogP contribution in [0.3, 0.4) is 0 Å². The van der Waals surface area contributed by atoms with Crippen LogP contribution in [0.5, 0.6) is 0 Å². The molecule has 1 amide bonds. The maximum Gasteiger partial charge on any atom is 0.274 e. The number of piperazine rings is 1. The summed E-state index contributed by atoms with van der Waals surface area (Å²) in [6, 6.07) is 8.80. The number of aromatic nitrogens is 2. The van der Waals surface area contributed by atoms with Gasteiger partial charge in [-0.1, -0.05) is 12.1 Å². The van der Waals surface area contributed by atoms with Crippen LogP contribution in [0.1, 0.15) is 40.5 Å². The van der Waals surface area contributed by atoms with Gasteiger partial charge in [0.1, 0.15) is 5.69 Å². The molecule has 27 heavy (non-hydrogen) atoms. The number of anilines is 1. The van der Waals surface area contributed by atoms with Gasteiger partial charge in [-0.2, -0.15) is 5.10 Å². The van der Waals surface area contributed by atoms with Gasteiger partial charge in [0.15, 0.2) is 0 Å². The van der Waals surface area contributed by atoms with Crippen LogP contribution < -0.4 is 10.2 Å². The number of carbonyl (C=O) groups excluding carboxylic acids is 1. The molecule has 1 unspecified atom stereocenters. The number of nitrogens with zero attached hydrogens (tertiary/aromatic N) is 4. The predicted molar refractivity (Wildman–Crippen MR) is 107 cm³/mol. The van der Waals surface area contributed by atoms with Crippen molar-refractivity contribution >= 4 is 11.6 Å². The van der Waals surface area contributed by atoms with Gasteiger partial charge in [-0.05, 0) is 56.5 Å². The van der Waals surface area contributed by atoms with E-state index in [0.717, 1.165) is 52.1 Å². The maximum atomic E-state index is 12.9. The van der Waals surface area contributed by atoms with Crippen molar-refractivity contribution in [3.05, 3.63) is 47.3 Å². The van der Waals surface area contributed by atoms with Crippen molar-refractivity contribution in [2.24, 2.45) is 0 Å². The Morgan fingerprint density at radius 3 is 2.70 bits per heavy atom. The van der Waals surface area contributed by atoms with Crippen molar-refractivity contribution in [1.29, 1.82) is 0 Å². The van der Waals surface area contributed by atoms with E-state index in [2.05, 4.69) is 47.4 Å². The van der Waals surface area contributed by atoms with Gasteiger partial charge in [-0.3, -0.25) is 9.48 Å². The Morgan fingerprint density at radius 2 is 1.96 bits per heavy atom. The molecular formula is C21H29N5O. The summed E-state index contributed by atoms with van der Waals surface area (Å²) >= 11 is 0. The first-order chi connectivity index (χ1) is 13.1. The number of aryl methyl sites for hydroxylation is 2. The predicted octanol–water partition coefficient (Wildman–Crippen LogP) is 2.39. The third-order valence-electron chi connectivity index (χ3n) is 5.74. The Labute approximate surface area is 161 Å². The summed E-state index contributed by atoms with van der Waals surface area (Å²) < 4.78 is 1.96. The summed E-state index contributed by atoms with van der Waals surface area (Å²) in [6.07, 6.45) is 4.24. The Morgan fingerprint density at radius 1 is 1.15 bits per heavy atom. The summed E-state index contributed by atoms with van der Waals surface area (Å²) in [7, 11) is 0. The number of hydrogen-bond acceptors (Lipinski definition) is 4. The third kappa shape index (κ3) is 3.86. The lowest BCUT2D eigenvalue weighted by Crippen LogP contribution is -2.49. The van der Waals surface area contributed by atoms with E-state index in [1.54, 1.807) is 0 Å². The first-order valence-electron chi connectivity index (χ1n) is 9.99. The molecule has 0 radical (unpaired) electrons. The first-order valence-corrected chi connectivity index (χ1v) is 9.99. The molecule has 6 nitrogen and oxygen atoms in total. The molecule has 0 spiro atoms. The van der Waals surface area contributed by atoms with E-state index in [1.807, 2.05) is 21.8 Å². The molecule has 1 aromatic heterocycles. The highest BCUT2D eigenvalue weighted by molar-refractivity contribution is 5.92. The summed E-state index contributed by atoms with van der Waals surface area (Å²) in [5, 5.41) is 7.99. The van der Waals surface area contributed by atoms with E-state index in [9.17, 15) is 4.79 Å². The van der Waals surface area contributed by atoms with Gasteiger partial charge in [-0.25, -0.2) is 0 Å². The highest BCUT2D eigenvalue weighted by atomic mass is 16.2. The maximum absolute atomic E-state index is 12.9. The largest absolute Gasteiger partial charge is 0.368 e. The van der Waals surface area contributed by atoms with Gasteiger partial charge in [0.25, 0.3) is 5.91 Å². The quantitative estimate of drug-likeness (QED) is 0.905. The molecule has 1 aromatic carbocycles. The number of amides is 1. The minimum absolute atomic E-state index is 0.0538. The molecule has 1 N–H and O–H groups in total. The van der Waals surface area contributed by atoms with Crippen molar-refractivity contribution in [1.82, 2.24) is 20.0 Å². The molecule has 2 aliphatic heterocycles. The molecule has 0 bridgehead atoms. The second-order valence-corrected chi connectivity index (χ2v) is 7.75. The summed E-state index contributed by atoms with van der Waals surface area (Å²) in [6.45, 7) is 9.50. The SMILES string of the molecule is Cc1ccc(C)c(N2CCN(C(=O)c3ccn(C4CCCNC4)n3)CC2)c1. The minimum Gasteiger partial charge on any atom is -0.368 e. The minimum atomic E-state index is 0.0538. The molecule has 144 valence electrons. The normalized spacial score (nSPS) is 20.7. The molecule has 4 rings (SSSR count). The van der Waals surface area contributed by atoms with Gasteiger partial charge in [0.2, 0.25) is 0 Å². The highest BCUT2D eigenvalue weighted by Crippen LogP contribution is 2.23. The van der Waals surface area contributed by atoms with Crippen molar-refractivity contribution < 1.29 is 4.79 Å². The standard InChI is InChI=1S/C21H29N5O/c1-16-5-6-17(2)20(14-16)24-10-12-25(13-11-24)21(27)19-7-9-26(23-19)18-4-3-8-22-15-18/h5-7,9,14,18,22H,3-4,8,10-13,15H2,1-2H3. The van der Waals surface area contributed by atoms with Crippen LogP contribution in [0.2, 0.25) is 0 Å². The van der Waals surface area contributed by atoms with Crippen LogP contribution in [0.25, 0.3) is 0 Å². The summed E-state index contributed by atoms with van der Waals surface area (Å²) in [5.74, 6) is 0.0538. The van der Waals surface area contributed by atoms with Crippen LogP contribution in [0, 0.1) is 13.8 Å². The van der Waals surface area contributed by atoms with Crippen molar-refractivity contribution in [2.75, 3.05) is 44.2 Å². The second kappa shape index (κ2) is 7.72. The van der Waals surface area contributed by atoms with Crippen LogP contribution in [-0.4, -0.2) is 59.9 Å². The molecule has 2 aliphatic rings. The average Bonchev–Trinajstić information content (AvgIpc) is 3.20. The number of hydrogen-bond donors (Lipinski definition) is 1. The molecule has 2 saturated heterocycles. The molecule has 2 aromatic rings. The fourth-order valence-corrected chi connectivity index (χ4v) is 4.09. The van der Waals surface area contributed by atoms with Gasteiger partial charge in [-0.15, -0.1) is 0 Å². The van der Waals surface area contributed by atoms with Crippen LogP contribution in [0.4, 0.5) is 5.69 Å². The first kappa shape index (κ1) is 18.0. The Hall–Kier alpha value is -2.34. The van der Waals surface area contributed by atoms with Crippen molar-refractivity contribution in [2.45, 2.75) is 32.7 Å². The smallest absolute Gasteiger partial charge is 0.274 e. The number of carbonyl (C=O) groups is 1. The molecule has 1 atom stereocenters. The van der Waals surface area contributed by atoms with Crippen molar-refractivity contribution in [3.63, 3.8) is 0 Å². The lowest BCUT2D eigenvalue weighted by molar-refractivity contribution is 0.0739. The van der Waals surface area contributed by atoms with Crippen LogP contribution >= 0.6 is 0 Å². The number of nitrogens with one attached hydrogen (secondary N) is 1. The molecule has 3 heterocycles. The topological polar surface area (TPSA) is 53.4 Å².